The average molecular weight is 243 g/mol. The van der Waals surface area contributed by atoms with Gasteiger partial charge in [-0.1, -0.05) is 38.7 Å². The van der Waals surface area contributed by atoms with E-state index in [2.05, 4.69) is 11.9 Å². The SMILES string of the molecule is CCCCCCC(F)COc1cccc(F)n1. The van der Waals surface area contributed by atoms with E-state index in [-0.39, 0.29) is 12.5 Å². The van der Waals surface area contributed by atoms with Crippen LogP contribution in [0.25, 0.3) is 0 Å². The monoisotopic (exact) mass is 243 g/mol. The van der Waals surface area contributed by atoms with Crippen molar-refractivity contribution in [1.82, 2.24) is 4.98 Å². The second-order valence-electron chi connectivity index (χ2n) is 4.06. The van der Waals surface area contributed by atoms with Crippen molar-refractivity contribution >= 4 is 0 Å². The average Bonchev–Trinajstić information content (AvgIpc) is 2.32. The summed E-state index contributed by atoms with van der Waals surface area (Å²) in [6, 6.07) is 4.24. The van der Waals surface area contributed by atoms with Gasteiger partial charge in [-0.15, -0.1) is 0 Å². The molecule has 0 fully saturated rings. The van der Waals surface area contributed by atoms with E-state index in [1.165, 1.54) is 18.2 Å². The van der Waals surface area contributed by atoms with Gasteiger partial charge in [-0.2, -0.15) is 9.37 Å². The molecule has 1 aromatic heterocycles. The molecule has 17 heavy (non-hydrogen) atoms. The molecular formula is C13H19F2NO. The summed E-state index contributed by atoms with van der Waals surface area (Å²) in [5.74, 6) is -0.470. The molecule has 1 atom stereocenters. The van der Waals surface area contributed by atoms with Gasteiger partial charge in [-0.3, -0.25) is 0 Å². The molecule has 0 aromatic carbocycles. The summed E-state index contributed by atoms with van der Waals surface area (Å²) in [5.41, 5.74) is 0. The Morgan fingerprint density at radius 3 is 2.82 bits per heavy atom. The molecule has 0 aliphatic heterocycles. The molecule has 0 radical (unpaired) electrons. The number of alkyl halides is 1. The van der Waals surface area contributed by atoms with E-state index in [1.807, 2.05) is 0 Å². The summed E-state index contributed by atoms with van der Waals surface area (Å²) in [7, 11) is 0. The highest BCUT2D eigenvalue weighted by Gasteiger charge is 2.08. The second kappa shape index (κ2) is 7.98. The Bertz CT molecular complexity index is 320. The number of nitrogens with zero attached hydrogens (tertiary/aromatic N) is 1. The fourth-order valence-electron chi connectivity index (χ4n) is 1.52. The van der Waals surface area contributed by atoms with Crippen molar-refractivity contribution in [1.29, 1.82) is 0 Å². The fourth-order valence-corrected chi connectivity index (χ4v) is 1.52. The smallest absolute Gasteiger partial charge is 0.216 e. The first kappa shape index (κ1) is 13.9. The normalized spacial score (nSPS) is 12.4. The first-order valence-corrected chi connectivity index (χ1v) is 6.11. The maximum atomic E-state index is 13.4. The summed E-state index contributed by atoms with van der Waals surface area (Å²) in [6.07, 6.45) is 3.69. The standard InChI is InChI=1S/C13H19F2NO/c1-2-3-4-5-7-11(14)10-17-13-9-6-8-12(15)16-13/h6,8-9,11H,2-5,7,10H2,1H3. The van der Waals surface area contributed by atoms with Crippen LogP contribution < -0.4 is 4.74 Å². The van der Waals surface area contributed by atoms with Gasteiger partial charge in [-0.05, 0) is 12.5 Å². The summed E-state index contributed by atoms with van der Waals surface area (Å²) in [4.78, 5) is 3.50. The van der Waals surface area contributed by atoms with E-state index in [0.29, 0.717) is 6.42 Å². The largest absolute Gasteiger partial charge is 0.475 e. The maximum Gasteiger partial charge on any atom is 0.216 e. The van der Waals surface area contributed by atoms with E-state index in [4.69, 9.17) is 4.74 Å². The van der Waals surface area contributed by atoms with Crippen LogP contribution in [-0.4, -0.2) is 17.8 Å². The fraction of sp³-hybridized carbons (Fsp3) is 0.615. The van der Waals surface area contributed by atoms with Crippen LogP contribution in [0.15, 0.2) is 18.2 Å². The Hall–Kier alpha value is -1.19. The van der Waals surface area contributed by atoms with Gasteiger partial charge in [0.25, 0.3) is 0 Å². The third-order valence-electron chi connectivity index (χ3n) is 2.47. The van der Waals surface area contributed by atoms with Crippen LogP contribution in [0.5, 0.6) is 5.88 Å². The van der Waals surface area contributed by atoms with E-state index < -0.39 is 12.1 Å². The lowest BCUT2D eigenvalue weighted by molar-refractivity contribution is 0.178. The van der Waals surface area contributed by atoms with Crippen molar-refractivity contribution in [3.05, 3.63) is 24.1 Å². The minimum atomic E-state index is -1.00. The zero-order valence-corrected chi connectivity index (χ0v) is 10.2. The molecule has 2 nitrogen and oxygen atoms in total. The number of aromatic nitrogens is 1. The van der Waals surface area contributed by atoms with Crippen LogP contribution in [-0.2, 0) is 0 Å². The number of hydrogen-bond acceptors (Lipinski definition) is 2. The first-order chi connectivity index (χ1) is 8.22. The zero-order valence-electron chi connectivity index (χ0n) is 10.2. The van der Waals surface area contributed by atoms with Crippen LogP contribution in [0.1, 0.15) is 39.0 Å². The lowest BCUT2D eigenvalue weighted by atomic mass is 10.1. The van der Waals surface area contributed by atoms with Crippen molar-refractivity contribution in [2.45, 2.75) is 45.2 Å². The Kier molecular flexibility index (Phi) is 6.51. The third-order valence-corrected chi connectivity index (χ3v) is 2.47. The van der Waals surface area contributed by atoms with E-state index >= 15 is 0 Å². The zero-order chi connectivity index (χ0) is 12.5. The lowest BCUT2D eigenvalue weighted by Crippen LogP contribution is -2.13. The Morgan fingerprint density at radius 1 is 1.29 bits per heavy atom. The molecule has 0 N–H and O–H groups in total. The molecule has 0 amide bonds. The van der Waals surface area contributed by atoms with E-state index in [1.54, 1.807) is 0 Å². The Balaban J connectivity index is 2.17. The predicted molar refractivity (Wildman–Crippen MR) is 63.3 cm³/mol. The van der Waals surface area contributed by atoms with Gasteiger partial charge in [-0.25, -0.2) is 4.39 Å². The van der Waals surface area contributed by atoms with Crippen LogP contribution >= 0.6 is 0 Å². The Morgan fingerprint density at radius 2 is 2.12 bits per heavy atom. The molecule has 0 saturated carbocycles. The summed E-state index contributed by atoms with van der Waals surface area (Å²) < 4.78 is 31.1. The maximum absolute atomic E-state index is 13.4. The number of pyridine rings is 1. The van der Waals surface area contributed by atoms with E-state index in [9.17, 15) is 8.78 Å². The molecule has 4 heteroatoms. The van der Waals surface area contributed by atoms with Crippen LogP contribution in [0, 0.1) is 5.95 Å². The first-order valence-electron chi connectivity index (χ1n) is 6.11. The van der Waals surface area contributed by atoms with E-state index in [0.717, 1.165) is 25.7 Å². The van der Waals surface area contributed by atoms with Gasteiger partial charge >= 0.3 is 0 Å². The molecule has 0 saturated heterocycles. The molecule has 96 valence electrons. The van der Waals surface area contributed by atoms with Crippen molar-refractivity contribution in [2.75, 3.05) is 6.61 Å². The summed E-state index contributed by atoms with van der Waals surface area (Å²) >= 11 is 0. The molecule has 1 heterocycles. The predicted octanol–water partition coefficient (Wildman–Crippen LogP) is 3.91. The van der Waals surface area contributed by atoms with Crippen LogP contribution in [0.4, 0.5) is 8.78 Å². The molecule has 1 aromatic rings. The number of hydrogen-bond donors (Lipinski definition) is 0. The van der Waals surface area contributed by atoms with Crippen molar-refractivity contribution in [3.63, 3.8) is 0 Å². The van der Waals surface area contributed by atoms with Gasteiger partial charge < -0.3 is 4.74 Å². The third kappa shape index (κ3) is 6.19. The molecule has 0 bridgehead atoms. The molecule has 1 rings (SSSR count). The summed E-state index contributed by atoms with van der Waals surface area (Å²) in [6.45, 7) is 2.06. The number of unbranched alkanes of at least 4 members (excludes halogenated alkanes) is 3. The second-order valence-corrected chi connectivity index (χ2v) is 4.06. The summed E-state index contributed by atoms with van der Waals surface area (Å²) in [5, 5.41) is 0. The number of rotatable bonds is 8. The molecule has 0 aliphatic carbocycles. The minimum absolute atomic E-state index is 0.0530. The van der Waals surface area contributed by atoms with Crippen molar-refractivity contribution in [3.8, 4) is 5.88 Å². The Labute approximate surface area is 101 Å². The van der Waals surface area contributed by atoms with Gasteiger partial charge in [0.05, 0.1) is 0 Å². The minimum Gasteiger partial charge on any atom is -0.475 e. The highest BCUT2D eigenvalue weighted by Crippen LogP contribution is 2.11. The molecule has 0 aliphatic rings. The van der Waals surface area contributed by atoms with Gasteiger partial charge in [0, 0.05) is 6.07 Å². The molecule has 0 spiro atoms. The number of ether oxygens (including phenoxy) is 1. The van der Waals surface area contributed by atoms with Crippen LogP contribution in [0.2, 0.25) is 0 Å². The van der Waals surface area contributed by atoms with Gasteiger partial charge in [0.1, 0.15) is 12.8 Å². The molecule has 1 unspecified atom stereocenters. The quantitative estimate of drug-likeness (QED) is 0.510. The lowest BCUT2D eigenvalue weighted by Gasteiger charge is -2.09. The van der Waals surface area contributed by atoms with Crippen molar-refractivity contribution < 1.29 is 13.5 Å². The topological polar surface area (TPSA) is 22.1 Å². The highest BCUT2D eigenvalue weighted by atomic mass is 19.1. The van der Waals surface area contributed by atoms with Crippen LogP contribution in [0.3, 0.4) is 0 Å². The van der Waals surface area contributed by atoms with Gasteiger partial charge in [0.15, 0.2) is 0 Å². The van der Waals surface area contributed by atoms with Crippen molar-refractivity contribution in [2.24, 2.45) is 0 Å². The highest BCUT2D eigenvalue weighted by molar-refractivity contribution is 5.10. The van der Waals surface area contributed by atoms with Gasteiger partial charge in [0.2, 0.25) is 11.8 Å². The number of halogens is 2. The molecular weight excluding hydrogens is 224 g/mol.